The lowest BCUT2D eigenvalue weighted by Gasteiger charge is -2.22. The van der Waals surface area contributed by atoms with Crippen LogP contribution in [0.15, 0.2) is 33.5 Å². The molecule has 0 radical (unpaired) electrons. The summed E-state index contributed by atoms with van der Waals surface area (Å²) in [6, 6.07) is 7.00. The highest BCUT2D eigenvalue weighted by Gasteiger charge is 2.16. The minimum absolute atomic E-state index is 0.00492. The fraction of sp³-hybridized carbons (Fsp3) is 0.467. The summed E-state index contributed by atoms with van der Waals surface area (Å²) in [6.45, 7) is 5.43. The third kappa shape index (κ3) is 4.07. The fourth-order valence-corrected chi connectivity index (χ4v) is 2.15. The molecule has 2 N–H and O–H groups in total. The monoisotopic (exact) mass is 323 g/mol. The molecule has 2 aromatic rings. The number of para-hydroxylation sites is 2. The average molecular weight is 323 g/mol. The van der Waals surface area contributed by atoms with Gasteiger partial charge in [-0.15, -0.1) is 0 Å². The Kier molecular flexibility index (Phi) is 5.18. The highest BCUT2D eigenvalue weighted by Crippen LogP contribution is 2.19. The predicted molar refractivity (Wildman–Crippen MR) is 89.5 cm³/mol. The molecule has 0 unspecified atom stereocenters. The Morgan fingerprint density at radius 1 is 1.32 bits per heavy atom. The Bertz CT molecular complexity index is 705. The van der Waals surface area contributed by atoms with Crippen LogP contribution in [0.2, 0.25) is 0 Å². The quantitative estimate of drug-likeness (QED) is 0.853. The number of fused-ring (bicyclic) bond motifs is 1. The molecule has 1 aromatic heterocycles. The van der Waals surface area contributed by atoms with Crippen LogP contribution in [0.5, 0.6) is 0 Å². The van der Waals surface area contributed by atoms with E-state index in [9.17, 15) is 9.59 Å². The molecule has 2 rings (SSSR count). The van der Waals surface area contributed by atoms with Crippen LogP contribution in [0.4, 0.5) is 4.79 Å². The highest BCUT2D eigenvalue weighted by atomic mass is 32.2. The molecule has 0 aliphatic heterocycles. The zero-order chi connectivity index (χ0) is 16.2. The Labute approximate surface area is 133 Å². The molecular formula is C15H21N3O3S. The van der Waals surface area contributed by atoms with Crippen molar-refractivity contribution in [3.8, 4) is 0 Å². The molecular weight excluding hydrogens is 302 g/mol. The molecule has 0 aliphatic rings. The maximum atomic E-state index is 11.8. The molecule has 1 heterocycles. The van der Waals surface area contributed by atoms with Crippen LogP contribution in [0.1, 0.15) is 13.8 Å². The summed E-state index contributed by atoms with van der Waals surface area (Å²) in [5.74, 6) is -0.410. The number of carbonyl (C=O) groups is 1. The van der Waals surface area contributed by atoms with Gasteiger partial charge in [0.2, 0.25) is 0 Å². The lowest BCUT2D eigenvalue weighted by molar-refractivity contribution is 0.239. The number of hydrogen-bond donors (Lipinski definition) is 2. The maximum Gasteiger partial charge on any atom is 0.420 e. The number of hydrogen-bond acceptors (Lipinski definition) is 4. The van der Waals surface area contributed by atoms with Crippen molar-refractivity contribution < 1.29 is 9.21 Å². The van der Waals surface area contributed by atoms with E-state index < -0.39 is 5.76 Å². The van der Waals surface area contributed by atoms with Crippen molar-refractivity contribution in [1.82, 2.24) is 15.2 Å². The molecule has 7 heteroatoms. The van der Waals surface area contributed by atoms with E-state index in [4.69, 9.17) is 4.42 Å². The molecule has 0 bridgehead atoms. The number of carbonyl (C=O) groups excluding carboxylic acids is 1. The number of nitrogens with zero attached hydrogens (tertiary/aromatic N) is 1. The number of thioether (sulfide) groups is 1. The van der Waals surface area contributed by atoms with Crippen molar-refractivity contribution in [3.05, 3.63) is 34.8 Å². The van der Waals surface area contributed by atoms with Gasteiger partial charge in [-0.2, -0.15) is 11.8 Å². The largest absolute Gasteiger partial charge is 0.420 e. The van der Waals surface area contributed by atoms with Crippen LogP contribution < -0.4 is 16.4 Å². The van der Waals surface area contributed by atoms with E-state index in [-0.39, 0.29) is 10.8 Å². The van der Waals surface area contributed by atoms with Gasteiger partial charge >= 0.3 is 11.8 Å². The Hall–Kier alpha value is -1.89. The van der Waals surface area contributed by atoms with Crippen LogP contribution in [-0.2, 0) is 6.54 Å². The van der Waals surface area contributed by atoms with E-state index in [0.29, 0.717) is 25.2 Å². The molecule has 6 nitrogen and oxygen atoms in total. The number of aromatic nitrogens is 1. The van der Waals surface area contributed by atoms with Crippen LogP contribution in [0, 0.1) is 0 Å². The van der Waals surface area contributed by atoms with Gasteiger partial charge in [0.15, 0.2) is 5.58 Å². The molecule has 120 valence electrons. The van der Waals surface area contributed by atoms with Crippen LogP contribution in [0.3, 0.4) is 0 Å². The van der Waals surface area contributed by atoms with Crippen molar-refractivity contribution in [2.45, 2.75) is 25.1 Å². The first-order valence-electron chi connectivity index (χ1n) is 7.08. The van der Waals surface area contributed by atoms with Crippen molar-refractivity contribution in [2.24, 2.45) is 0 Å². The molecule has 0 spiro atoms. The van der Waals surface area contributed by atoms with Gasteiger partial charge in [-0.3, -0.25) is 4.57 Å². The first-order chi connectivity index (χ1) is 10.4. The van der Waals surface area contributed by atoms with Crippen LogP contribution in [0.25, 0.3) is 11.1 Å². The summed E-state index contributed by atoms with van der Waals surface area (Å²) in [5.41, 5.74) is 1.29. The third-order valence-electron chi connectivity index (χ3n) is 3.42. The first-order valence-corrected chi connectivity index (χ1v) is 8.31. The normalized spacial score (nSPS) is 11.6. The Morgan fingerprint density at radius 2 is 2.05 bits per heavy atom. The minimum Gasteiger partial charge on any atom is -0.408 e. The van der Waals surface area contributed by atoms with Crippen LogP contribution >= 0.6 is 11.8 Å². The second kappa shape index (κ2) is 6.91. The molecule has 0 aliphatic carbocycles. The van der Waals surface area contributed by atoms with Crippen molar-refractivity contribution in [1.29, 1.82) is 0 Å². The summed E-state index contributed by atoms with van der Waals surface area (Å²) in [5, 5.41) is 5.57. The third-order valence-corrected chi connectivity index (χ3v) is 4.67. The standard InChI is InChI=1S/C15H21N3O3S/c1-15(2,22-3)10-17-13(19)16-8-9-18-11-6-4-5-7-12(11)21-14(18)20/h4-7H,8-10H2,1-3H3,(H2,16,17,19). The van der Waals surface area contributed by atoms with E-state index >= 15 is 0 Å². The van der Waals surface area contributed by atoms with Crippen molar-refractivity contribution in [3.63, 3.8) is 0 Å². The topological polar surface area (TPSA) is 76.3 Å². The summed E-state index contributed by atoms with van der Waals surface area (Å²) in [4.78, 5) is 23.5. The molecule has 0 saturated carbocycles. The lowest BCUT2D eigenvalue weighted by Crippen LogP contribution is -2.43. The SMILES string of the molecule is CSC(C)(C)CNC(=O)NCCn1c(=O)oc2ccccc21. The number of urea groups is 1. The highest BCUT2D eigenvalue weighted by molar-refractivity contribution is 7.99. The average Bonchev–Trinajstić information content (AvgIpc) is 2.81. The van der Waals surface area contributed by atoms with E-state index in [0.717, 1.165) is 5.52 Å². The summed E-state index contributed by atoms with van der Waals surface area (Å²) >= 11 is 1.69. The van der Waals surface area contributed by atoms with Gasteiger partial charge in [-0.25, -0.2) is 9.59 Å². The summed E-state index contributed by atoms with van der Waals surface area (Å²) < 4.78 is 6.65. The minimum atomic E-state index is -0.410. The molecule has 22 heavy (non-hydrogen) atoms. The van der Waals surface area contributed by atoms with Gasteiger partial charge in [0.1, 0.15) is 0 Å². The van der Waals surface area contributed by atoms with Crippen LogP contribution in [-0.4, -0.2) is 34.7 Å². The van der Waals surface area contributed by atoms with Gasteiger partial charge in [-0.05, 0) is 32.2 Å². The van der Waals surface area contributed by atoms with Gasteiger partial charge < -0.3 is 15.1 Å². The Morgan fingerprint density at radius 3 is 2.77 bits per heavy atom. The molecule has 0 saturated heterocycles. The summed E-state index contributed by atoms with van der Waals surface area (Å²) in [6.07, 6.45) is 2.01. The van der Waals surface area contributed by atoms with Crippen molar-refractivity contribution >= 4 is 28.9 Å². The van der Waals surface area contributed by atoms with E-state index in [1.165, 1.54) is 4.57 Å². The molecule has 0 fully saturated rings. The molecule has 0 atom stereocenters. The van der Waals surface area contributed by atoms with E-state index in [2.05, 4.69) is 24.5 Å². The van der Waals surface area contributed by atoms with Crippen molar-refractivity contribution in [2.75, 3.05) is 19.3 Å². The lowest BCUT2D eigenvalue weighted by atomic mass is 10.2. The number of nitrogens with one attached hydrogen (secondary N) is 2. The van der Waals surface area contributed by atoms with Gasteiger partial charge in [0, 0.05) is 24.4 Å². The maximum absolute atomic E-state index is 11.8. The zero-order valence-electron chi connectivity index (χ0n) is 13.0. The fourth-order valence-electron chi connectivity index (χ4n) is 1.93. The van der Waals surface area contributed by atoms with Gasteiger partial charge in [-0.1, -0.05) is 12.1 Å². The summed E-state index contributed by atoms with van der Waals surface area (Å²) in [7, 11) is 0. The second-order valence-corrected chi connectivity index (χ2v) is 7.07. The smallest absolute Gasteiger partial charge is 0.408 e. The van der Waals surface area contributed by atoms with E-state index in [1.807, 2.05) is 24.5 Å². The first kappa shape index (κ1) is 16.5. The molecule has 2 amide bonds. The number of benzene rings is 1. The predicted octanol–water partition coefficient (Wildman–Crippen LogP) is 2.04. The number of oxazole rings is 1. The zero-order valence-corrected chi connectivity index (χ0v) is 13.8. The second-order valence-electron chi connectivity index (χ2n) is 5.56. The number of amides is 2. The Balaban J connectivity index is 1.87. The van der Waals surface area contributed by atoms with Gasteiger partial charge in [0.05, 0.1) is 5.52 Å². The number of rotatable bonds is 6. The van der Waals surface area contributed by atoms with Gasteiger partial charge in [0.25, 0.3) is 0 Å². The molecule has 1 aromatic carbocycles. The van der Waals surface area contributed by atoms with E-state index in [1.54, 1.807) is 17.8 Å².